The highest BCUT2D eigenvalue weighted by Gasteiger charge is 2.12. The standard InChI is InChI=1S/C9H13NO2/c1-12-9(11)4-2-3-8-5-6-10-7-8/h8,10H,3,5-7H2,1H3. The first-order valence-electron chi connectivity index (χ1n) is 4.10. The third-order valence-corrected chi connectivity index (χ3v) is 1.93. The summed E-state index contributed by atoms with van der Waals surface area (Å²) in [6.07, 6.45) is 1.96. The largest absolute Gasteiger partial charge is 0.459 e. The van der Waals surface area contributed by atoms with Crippen LogP contribution in [0, 0.1) is 17.8 Å². The Kier molecular flexibility index (Phi) is 3.62. The van der Waals surface area contributed by atoms with Crippen molar-refractivity contribution in [3.63, 3.8) is 0 Å². The van der Waals surface area contributed by atoms with Crippen molar-refractivity contribution in [2.24, 2.45) is 5.92 Å². The Bertz CT molecular complexity index is 208. The predicted molar refractivity (Wildman–Crippen MR) is 45.4 cm³/mol. The van der Waals surface area contributed by atoms with Crippen LogP contribution in [0.5, 0.6) is 0 Å². The van der Waals surface area contributed by atoms with E-state index in [4.69, 9.17) is 0 Å². The molecule has 0 aromatic heterocycles. The Morgan fingerprint density at radius 3 is 3.17 bits per heavy atom. The van der Waals surface area contributed by atoms with Gasteiger partial charge in [0.1, 0.15) is 0 Å². The van der Waals surface area contributed by atoms with Gasteiger partial charge in [-0.05, 0) is 25.4 Å². The van der Waals surface area contributed by atoms with E-state index in [1.807, 2.05) is 0 Å². The van der Waals surface area contributed by atoms with Gasteiger partial charge in [0.2, 0.25) is 0 Å². The second-order valence-corrected chi connectivity index (χ2v) is 2.86. The molecule has 0 aromatic rings. The molecule has 1 fully saturated rings. The van der Waals surface area contributed by atoms with Crippen molar-refractivity contribution in [2.75, 3.05) is 20.2 Å². The van der Waals surface area contributed by atoms with Crippen molar-refractivity contribution in [3.05, 3.63) is 0 Å². The molecule has 1 aliphatic rings. The summed E-state index contributed by atoms with van der Waals surface area (Å²) in [6.45, 7) is 2.10. The van der Waals surface area contributed by atoms with E-state index < -0.39 is 5.97 Å². The first kappa shape index (κ1) is 9.08. The van der Waals surface area contributed by atoms with Gasteiger partial charge < -0.3 is 10.1 Å². The summed E-state index contributed by atoms with van der Waals surface area (Å²) in [5.74, 6) is 5.40. The summed E-state index contributed by atoms with van der Waals surface area (Å²) in [5, 5.41) is 3.24. The maximum Gasteiger partial charge on any atom is 0.384 e. The molecule has 0 aliphatic carbocycles. The number of rotatable bonds is 1. The minimum absolute atomic E-state index is 0.444. The van der Waals surface area contributed by atoms with Crippen molar-refractivity contribution >= 4 is 5.97 Å². The molecule has 1 heterocycles. The highest BCUT2D eigenvalue weighted by Crippen LogP contribution is 2.10. The summed E-state index contributed by atoms with van der Waals surface area (Å²) in [4.78, 5) is 10.6. The molecule has 3 nitrogen and oxygen atoms in total. The van der Waals surface area contributed by atoms with E-state index in [1.54, 1.807) is 0 Å². The quantitative estimate of drug-likeness (QED) is 0.343. The van der Waals surface area contributed by atoms with E-state index in [0.717, 1.165) is 25.9 Å². The van der Waals surface area contributed by atoms with Crippen LogP contribution in [0.1, 0.15) is 12.8 Å². The van der Waals surface area contributed by atoms with E-state index in [0.29, 0.717) is 5.92 Å². The zero-order valence-electron chi connectivity index (χ0n) is 7.22. The SMILES string of the molecule is COC(=O)C#CCC1CCNC1. The minimum Gasteiger partial charge on any atom is -0.459 e. The summed E-state index contributed by atoms with van der Waals surface area (Å²) in [6, 6.07) is 0. The molecule has 12 heavy (non-hydrogen) atoms. The zero-order valence-corrected chi connectivity index (χ0v) is 7.22. The lowest BCUT2D eigenvalue weighted by Gasteiger charge is -1.99. The van der Waals surface area contributed by atoms with Crippen molar-refractivity contribution in [1.82, 2.24) is 5.32 Å². The van der Waals surface area contributed by atoms with Gasteiger partial charge in [-0.3, -0.25) is 0 Å². The van der Waals surface area contributed by atoms with E-state index in [9.17, 15) is 4.79 Å². The summed E-state index contributed by atoms with van der Waals surface area (Å²) in [5.41, 5.74) is 0. The Morgan fingerprint density at radius 2 is 2.58 bits per heavy atom. The molecular formula is C9H13NO2. The fourth-order valence-electron chi connectivity index (χ4n) is 1.21. The number of hydrogen-bond donors (Lipinski definition) is 1. The Balaban J connectivity index is 2.21. The van der Waals surface area contributed by atoms with Crippen LogP contribution < -0.4 is 5.32 Å². The fourth-order valence-corrected chi connectivity index (χ4v) is 1.21. The molecule has 0 radical (unpaired) electrons. The molecule has 0 saturated carbocycles. The topological polar surface area (TPSA) is 38.3 Å². The van der Waals surface area contributed by atoms with Gasteiger partial charge in [0.05, 0.1) is 7.11 Å². The maximum atomic E-state index is 10.6. The molecule has 0 aromatic carbocycles. The molecular weight excluding hydrogens is 154 g/mol. The third kappa shape index (κ3) is 2.93. The van der Waals surface area contributed by atoms with Crippen LogP contribution >= 0.6 is 0 Å². The molecule has 3 heteroatoms. The van der Waals surface area contributed by atoms with Crippen molar-refractivity contribution in [2.45, 2.75) is 12.8 Å². The average Bonchev–Trinajstić information content (AvgIpc) is 2.57. The smallest absolute Gasteiger partial charge is 0.384 e. The Hall–Kier alpha value is -1.01. The monoisotopic (exact) mass is 167 g/mol. The molecule has 1 atom stereocenters. The Labute approximate surface area is 72.5 Å². The molecule has 1 N–H and O–H groups in total. The molecule has 66 valence electrons. The molecule has 1 saturated heterocycles. The molecule has 1 aliphatic heterocycles. The molecule has 1 rings (SSSR count). The normalized spacial score (nSPS) is 21.2. The van der Waals surface area contributed by atoms with Crippen molar-refractivity contribution in [3.8, 4) is 11.8 Å². The number of methoxy groups -OCH3 is 1. The highest BCUT2D eigenvalue weighted by molar-refractivity contribution is 5.88. The van der Waals surface area contributed by atoms with Crippen LogP contribution in [0.2, 0.25) is 0 Å². The molecule has 0 bridgehead atoms. The molecule has 1 unspecified atom stereocenters. The van der Waals surface area contributed by atoms with Crippen LogP contribution in [-0.4, -0.2) is 26.2 Å². The number of carbonyl (C=O) groups excluding carboxylic acids is 1. The maximum absolute atomic E-state index is 10.6. The second-order valence-electron chi connectivity index (χ2n) is 2.86. The van der Waals surface area contributed by atoms with Gasteiger partial charge in [-0.1, -0.05) is 5.92 Å². The summed E-state index contributed by atoms with van der Waals surface area (Å²) < 4.78 is 4.39. The van der Waals surface area contributed by atoms with E-state index >= 15 is 0 Å². The van der Waals surface area contributed by atoms with Crippen LogP contribution in [0.4, 0.5) is 0 Å². The van der Waals surface area contributed by atoms with Gasteiger partial charge in [-0.2, -0.15) is 0 Å². The van der Waals surface area contributed by atoms with E-state index in [-0.39, 0.29) is 0 Å². The predicted octanol–water partition coefficient (Wildman–Crippen LogP) is 0.162. The van der Waals surface area contributed by atoms with Gasteiger partial charge in [-0.15, -0.1) is 0 Å². The van der Waals surface area contributed by atoms with Gasteiger partial charge in [0.25, 0.3) is 0 Å². The lowest BCUT2D eigenvalue weighted by Crippen LogP contribution is -2.08. The van der Waals surface area contributed by atoms with Gasteiger partial charge in [-0.25, -0.2) is 4.79 Å². The van der Waals surface area contributed by atoms with Crippen LogP contribution in [0.3, 0.4) is 0 Å². The summed E-state index contributed by atoms with van der Waals surface area (Å²) in [7, 11) is 1.34. The Morgan fingerprint density at radius 1 is 1.75 bits per heavy atom. The first-order chi connectivity index (χ1) is 5.83. The molecule has 0 amide bonds. The fraction of sp³-hybridized carbons (Fsp3) is 0.667. The van der Waals surface area contributed by atoms with Crippen LogP contribution in [-0.2, 0) is 9.53 Å². The number of hydrogen-bond acceptors (Lipinski definition) is 3. The zero-order chi connectivity index (χ0) is 8.81. The number of ether oxygens (including phenoxy) is 1. The second kappa shape index (κ2) is 4.78. The lowest BCUT2D eigenvalue weighted by molar-refractivity contribution is -0.133. The van der Waals surface area contributed by atoms with Crippen LogP contribution in [0.25, 0.3) is 0 Å². The van der Waals surface area contributed by atoms with Gasteiger partial charge >= 0.3 is 5.97 Å². The van der Waals surface area contributed by atoms with Crippen LogP contribution in [0.15, 0.2) is 0 Å². The highest BCUT2D eigenvalue weighted by atomic mass is 16.5. The van der Waals surface area contributed by atoms with Gasteiger partial charge in [0, 0.05) is 12.3 Å². The number of nitrogens with one attached hydrogen (secondary N) is 1. The third-order valence-electron chi connectivity index (χ3n) is 1.93. The average molecular weight is 167 g/mol. The summed E-state index contributed by atoms with van der Waals surface area (Å²) >= 11 is 0. The van der Waals surface area contributed by atoms with Crippen molar-refractivity contribution in [1.29, 1.82) is 0 Å². The number of carbonyl (C=O) groups is 1. The lowest BCUT2D eigenvalue weighted by atomic mass is 10.1. The first-order valence-corrected chi connectivity index (χ1v) is 4.10. The van der Waals surface area contributed by atoms with Crippen molar-refractivity contribution < 1.29 is 9.53 Å². The minimum atomic E-state index is -0.444. The number of esters is 1. The van der Waals surface area contributed by atoms with Gasteiger partial charge in [0.15, 0.2) is 0 Å². The van der Waals surface area contributed by atoms with E-state index in [1.165, 1.54) is 7.11 Å². The molecule has 0 spiro atoms. The van der Waals surface area contributed by atoms with E-state index in [2.05, 4.69) is 21.9 Å².